The van der Waals surface area contributed by atoms with Gasteiger partial charge < -0.3 is 18.9 Å². The van der Waals surface area contributed by atoms with Gasteiger partial charge in [0.15, 0.2) is 5.82 Å². The van der Waals surface area contributed by atoms with Crippen LogP contribution in [0.4, 0.5) is 11.6 Å². The Bertz CT molecular complexity index is 1130. The fourth-order valence-corrected chi connectivity index (χ4v) is 3.70. The lowest BCUT2D eigenvalue weighted by molar-refractivity contribution is 0.122. The Labute approximate surface area is 199 Å². The Morgan fingerprint density at radius 2 is 2.03 bits per heavy atom. The highest BCUT2D eigenvalue weighted by atomic mass is 127. The molecule has 1 aliphatic heterocycles. The van der Waals surface area contributed by atoms with E-state index in [0.717, 1.165) is 28.0 Å². The molecule has 0 unspecified atom stereocenters. The SMILES string of the molecule is O=c1ccccn1CCOc1nc(N/N=C/c2cccc(I)c2)cc(N2CCOCC2)n1. The topological polar surface area (TPSA) is 93.9 Å². The number of nitrogens with zero attached hydrogens (tertiary/aromatic N) is 5. The van der Waals surface area contributed by atoms with Gasteiger partial charge in [0.1, 0.15) is 12.4 Å². The quantitative estimate of drug-likeness (QED) is 0.264. The van der Waals surface area contributed by atoms with E-state index < -0.39 is 0 Å². The summed E-state index contributed by atoms with van der Waals surface area (Å²) in [6, 6.07) is 15.1. The Morgan fingerprint density at radius 3 is 2.84 bits per heavy atom. The lowest BCUT2D eigenvalue weighted by atomic mass is 10.2. The van der Waals surface area contributed by atoms with E-state index in [2.05, 4.69) is 48.0 Å². The summed E-state index contributed by atoms with van der Waals surface area (Å²) in [6.07, 6.45) is 3.46. The number of halogens is 1. The van der Waals surface area contributed by atoms with Gasteiger partial charge in [0, 0.05) is 35.0 Å². The van der Waals surface area contributed by atoms with Gasteiger partial charge in [-0.1, -0.05) is 18.2 Å². The first kappa shape index (κ1) is 22.2. The van der Waals surface area contributed by atoms with Crippen LogP contribution < -0.4 is 20.6 Å². The molecule has 4 rings (SSSR count). The van der Waals surface area contributed by atoms with Crippen molar-refractivity contribution in [3.8, 4) is 6.01 Å². The minimum absolute atomic E-state index is 0.0775. The van der Waals surface area contributed by atoms with Crippen molar-refractivity contribution >= 4 is 40.4 Å². The zero-order valence-electron chi connectivity index (χ0n) is 17.4. The summed E-state index contributed by atoms with van der Waals surface area (Å²) < 4.78 is 13.9. The molecule has 2 aromatic heterocycles. The van der Waals surface area contributed by atoms with Gasteiger partial charge in [-0.2, -0.15) is 15.1 Å². The normalized spacial score (nSPS) is 14.0. The van der Waals surface area contributed by atoms with E-state index in [1.54, 1.807) is 23.0 Å². The molecule has 10 heteroatoms. The minimum Gasteiger partial charge on any atom is -0.461 e. The maximum Gasteiger partial charge on any atom is 0.320 e. The lowest BCUT2D eigenvalue weighted by Crippen LogP contribution is -2.36. The minimum atomic E-state index is -0.0775. The van der Waals surface area contributed by atoms with Crippen molar-refractivity contribution in [2.75, 3.05) is 43.2 Å². The van der Waals surface area contributed by atoms with Gasteiger partial charge in [0.2, 0.25) is 0 Å². The van der Waals surface area contributed by atoms with E-state index in [0.29, 0.717) is 25.6 Å². The molecule has 0 saturated carbocycles. The van der Waals surface area contributed by atoms with Gasteiger partial charge in [0.05, 0.1) is 26.0 Å². The van der Waals surface area contributed by atoms with Crippen LogP contribution in [0.1, 0.15) is 5.56 Å². The molecule has 9 nitrogen and oxygen atoms in total. The first-order valence-electron chi connectivity index (χ1n) is 10.2. The van der Waals surface area contributed by atoms with Crippen LogP contribution in [0, 0.1) is 3.57 Å². The second-order valence-electron chi connectivity index (χ2n) is 7.00. The molecule has 0 bridgehead atoms. The number of ether oxygens (including phenoxy) is 2. The predicted molar refractivity (Wildman–Crippen MR) is 132 cm³/mol. The molecule has 0 spiro atoms. The van der Waals surface area contributed by atoms with Crippen LogP contribution in [-0.2, 0) is 11.3 Å². The summed E-state index contributed by atoms with van der Waals surface area (Å²) in [4.78, 5) is 23.0. The third-order valence-electron chi connectivity index (χ3n) is 4.73. The zero-order chi connectivity index (χ0) is 22.2. The van der Waals surface area contributed by atoms with Crippen molar-refractivity contribution in [3.63, 3.8) is 0 Å². The van der Waals surface area contributed by atoms with Gasteiger partial charge in [-0.25, -0.2) is 0 Å². The number of rotatable bonds is 8. The van der Waals surface area contributed by atoms with Crippen LogP contribution >= 0.6 is 22.6 Å². The lowest BCUT2D eigenvalue weighted by Gasteiger charge is -2.28. The van der Waals surface area contributed by atoms with E-state index >= 15 is 0 Å². The zero-order valence-corrected chi connectivity index (χ0v) is 19.5. The van der Waals surface area contributed by atoms with E-state index in [1.165, 1.54) is 6.07 Å². The number of aromatic nitrogens is 3. The van der Waals surface area contributed by atoms with Gasteiger partial charge >= 0.3 is 6.01 Å². The molecular formula is C22H23IN6O3. The van der Waals surface area contributed by atoms with Crippen LogP contribution in [0.15, 0.2) is 64.6 Å². The molecular weight excluding hydrogens is 523 g/mol. The fourth-order valence-electron chi connectivity index (χ4n) is 3.13. The molecule has 32 heavy (non-hydrogen) atoms. The van der Waals surface area contributed by atoms with E-state index in [9.17, 15) is 4.79 Å². The Balaban J connectivity index is 1.48. The largest absolute Gasteiger partial charge is 0.461 e. The van der Waals surface area contributed by atoms with Crippen molar-refractivity contribution in [3.05, 3.63) is 74.2 Å². The summed E-state index contributed by atoms with van der Waals surface area (Å²) in [6.45, 7) is 3.43. The molecule has 1 aromatic carbocycles. The Hall–Kier alpha value is -2.99. The smallest absolute Gasteiger partial charge is 0.320 e. The first-order valence-corrected chi connectivity index (χ1v) is 11.3. The average molecular weight is 546 g/mol. The molecule has 1 aliphatic rings. The molecule has 0 aliphatic carbocycles. The maximum atomic E-state index is 11.9. The highest BCUT2D eigenvalue weighted by Gasteiger charge is 2.15. The number of morpholine rings is 1. The Kier molecular flexibility index (Phi) is 7.67. The Morgan fingerprint density at radius 1 is 1.16 bits per heavy atom. The van der Waals surface area contributed by atoms with Gasteiger partial charge in [-0.15, -0.1) is 0 Å². The standard InChI is InChI=1S/C22H23IN6O3/c23-18-5-3-4-17(14-18)16-24-27-19-15-20(28-8-11-31-12-9-28)26-22(25-19)32-13-10-29-7-2-1-6-21(29)30/h1-7,14-16H,8-13H2,(H,25,26,27)/b24-16+. The van der Waals surface area contributed by atoms with Crippen molar-refractivity contribution in [2.24, 2.45) is 5.10 Å². The fraction of sp³-hybridized carbons (Fsp3) is 0.273. The second kappa shape index (κ2) is 11.0. The summed E-state index contributed by atoms with van der Waals surface area (Å²) in [5.74, 6) is 1.26. The monoisotopic (exact) mass is 546 g/mol. The molecule has 3 aromatic rings. The average Bonchev–Trinajstić information content (AvgIpc) is 2.81. The second-order valence-corrected chi connectivity index (χ2v) is 8.24. The molecule has 1 N–H and O–H groups in total. The van der Waals surface area contributed by atoms with Gasteiger partial charge in [0.25, 0.3) is 5.56 Å². The maximum absolute atomic E-state index is 11.9. The molecule has 0 radical (unpaired) electrons. The number of anilines is 2. The number of benzene rings is 1. The summed E-state index contributed by atoms with van der Waals surface area (Å²) in [5.41, 5.74) is 3.88. The highest BCUT2D eigenvalue weighted by Crippen LogP contribution is 2.20. The van der Waals surface area contributed by atoms with Crippen molar-refractivity contribution in [2.45, 2.75) is 6.54 Å². The van der Waals surface area contributed by atoms with Gasteiger partial charge in [-0.05, 0) is 46.4 Å². The summed E-state index contributed by atoms with van der Waals surface area (Å²) in [7, 11) is 0. The first-order chi connectivity index (χ1) is 15.7. The number of hydrogen-bond donors (Lipinski definition) is 1. The van der Waals surface area contributed by atoms with Gasteiger partial charge in [-0.3, -0.25) is 10.2 Å². The van der Waals surface area contributed by atoms with Crippen molar-refractivity contribution < 1.29 is 9.47 Å². The van der Waals surface area contributed by atoms with Crippen molar-refractivity contribution in [1.82, 2.24) is 14.5 Å². The van der Waals surface area contributed by atoms with Crippen LogP contribution in [0.2, 0.25) is 0 Å². The number of hydrogen-bond acceptors (Lipinski definition) is 8. The summed E-state index contributed by atoms with van der Waals surface area (Å²) >= 11 is 2.26. The molecule has 166 valence electrons. The van der Waals surface area contributed by atoms with Crippen LogP contribution in [-0.4, -0.2) is 53.7 Å². The van der Waals surface area contributed by atoms with E-state index in [-0.39, 0.29) is 18.2 Å². The highest BCUT2D eigenvalue weighted by molar-refractivity contribution is 14.1. The third kappa shape index (κ3) is 6.26. The molecule has 3 heterocycles. The van der Waals surface area contributed by atoms with Crippen LogP contribution in [0.25, 0.3) is 0 Å². The van der Waals surface area contributed by atoms with E-state index in [4.69, 9.17) is 9.47 Å². The molecule has 1 fully saturated rings. The van der Waals surface area contributed by atoms with E-state index in [1.807, 2.05) is 36.4 Å². The molecule has 0 amide bonds. The third-order valence-corrected chi connectivity index (χ3v) is 5.40. The van der Waals surface area contributed by atoms with Crippen LogP contribution in [0.5, 0.6) is 6.01 Å². The van der Waals surface area contributed by atoms with Crippen LogP contribution in [0.3, 0.4) is 0 Å². The number of pyridine rings is 1. The molecule has 1 saturated heterocycles. The molecule has 0 atom stereocenters. The number of nitrogens with one attached hydrogen (secondary N) is 1. The predicted octanol–water partition coefficient (Wildman–Crippen LogP) is 2.60. The number of hydrazone groups is 1. The van der Waals surface area contributed by atoms with Crippen molar-refractivity contribution in [1.29, 1.82) is 0 Å². The summed E-state index contributed by atoms with van der Waals surface area (Å²) in [5, 5.41) is 4.31.